The number of halogens is 2. The Morgan fingerprint density at radius 3 is 2.33 bits per heavy atom. The SMILES string of the molecule is COCCN(CCOC)C(=O)COc1cc(Cl)ccc1Cl. The van der Waals surface area contributed by atoms with Crippen LogP contribution in [0.2, 0.25) is 10.0 Å². The highest BCUT2D eigenvalue weighted by Crippen LogP contribution is 2.27. The molecular weight excluding hydrogens is 317 g/mol. The molecule has 0 saturated heterocycles. The zero-order valence-electron chi connectivity index (χ0n) is 12.1. The van der Waals surface area contributed by atoms with Gasteiger partial charge in [0.15, 0.2) is 6.61 Å². The Morgan fingerprint density at radius 2 is 1.76 bits per heavy atom. The van der Waals surface area contributed by atoms with Gasteiger partial charge in [-0.25, -0.2) is 0 Å². The molecule has 0 aliphatic rings. The van der Waals surface area contributed by atoms with Crippen molar-refractivity contribution in [3.05, 3.63) is 28.2 Å². The Morgan fingerprint density at radius 1 is 1.14 bits per heavy atom. The van der Waals surface area contributed by atoms with Crippen LogP contribution < -0.4 is 4.74 Å². The molecule has 118 valence electrons. The number of hydrogen-bond acceptors (Lipinski definition) is 4. The molecule has 1 amide bonds. The number of methoxy groups -OCH3 is 2. The second kappa shape index (κ2) is 9.84. The number of carbonyl (C=O) groups excluding carboxylic acids is 1. The van der Waals surface area contributed by atoms with Gasteiger partial charge in [0.25, 0.3) is 5.91 Å². The first-order chi connectivity index (χ1) is 10.1. The first-order valence-electron chi connectivity index (χ1n) is 6.42. The Balaban J connectivity index is 2.57. The summed E-state index contributed by atoms with van der Waals surface area (Å²) in [6.45, 7) is 1.74. The summed E-state index contributed by atoms with van der Waals surface area (Å²) >= 11 is 11.8. The van der Waals surface area contributed by atoms with Crippen LogP contribution in [-0.4, -0.2) is 57.9 Å². The maximum absolute atomic E-state index is 12.1. The molecule has 0 N–H and O–H groups in total. The smallest absolute Gasteiger partial charge is 0.260 e. The fourth-order valence-electron chi connectivity index (χ4n) is 1.58. The van der Waals surface area contributed by atoms with Gasteiger partial charge < -0.3 is 19.1 Å². The number of hydrogen-bond donors (Lipinski definition) is 0. The maximum Gasteiger partial charge on any atom is 0.260 e. The van der Waals surface area contributed by atoms with Crippen molar-refractivity contribution >= 4 is 29.1 Å². The lowest BCUT2D eigenvalue weighted by Gasteiger charge is -2.22. The van der Waals surface area contributed by atoms with Gasteiger partial charge in [0.1, 0.15) is 5.75 Å². The zero-order valence-corrected chi connectivity index (χ0v) is 13.6. The largest absolute Gasteiger partial charge is 0.482 e. The summed E-state index contributed by atoms with van der Waals surface area (Å²) in [5.41, 5.74) is 0. The number of nitrogens with zero attached hydrogens (tertiary/aromatic N) is 1. The van der Waals surface area contributed by atoms with E-state index < -0.39 is 0 Å². The lowest BCUT2D eigenvalue weighted by Crippen LogP contribution is -2.39. The topological polar surface area (TPSA) is 48.0 Å². The standard InChI is InChI=1S/C14H19Cl2NO4/c1-19-7-5-17(6-8-20-2)14(18)10-21-13-9-11(15)3-4-12(13)16/h3-4,9H,5-8,10H2,1-2H3. The summed E-state index contributed by atoms with van der Waals surface area (Å²) < 4.78 is 15.4. The van der Waals surface area contributed by atoms with Gasteiger partial charge in [-0.2, -0.15) is 0 Å². The number of ether oxygens (including phenoxy) is 3. The molecule has 7 heteroatoms. The molecule has 0 aliphatic carbocycles. The number of rotatable bonds is 9. The van der Waals surface area contributed by atoms with Gasteiger partial charge >= 0.3 is 0 Å². The van der Waals surface area contributed by atoms with Crippen LogP contribution in [0, 0.1) is 0 Å². The quantitative estimate of drug-likeness (QED) is 0.695. The molecule has 5 nitrogen and oxygen atoms in total. The van der Waals surface area contributed by atoms with Crippen molar-refractivity contribution in [1.82, 2.24) is 4.90 Å². The average molecular weight is 336 g/mol. The third kappa shape index (κ3) is 6.52. The highest BCUT2D eigenvalue weighted by atomic mass is 35.5. The predicted octanol–water partition coefficient (Wildman–Crippen LogP) is 2.49. The molecule has 0 bridgehead atoms. The van der Waals surface area contributed by atoms with Crippen LogP contribution in [-0.2, 0) is 14.3 Å². The van der Waals surface area contributed by atoms with E-state index in [4.69, 9.17) is 37.4 Å². The van der Waals surface area contributed by atoms with Crippen molar-refractivity contribution in [3.63, 3.8) is 0 Å². The molecule has 0 radical (unpaired) electrons. The molecule has 0 fully saturated rings. The van der Waals surface area contributed by atoms with Crippen LogP contribution in [0.4, 0.5) is 0 Å². The molecule has 0 unspecified atom stereocenters. The fraction of sp³-hybridized carbons (Fsp3) is 0.500. The minimum absolute atomic E-state index is 0.118. The van der Waals surface area contributed by atoms with Gasteiger partial charge in [0.2, 0.25) is 0 Å². The van der Waals surface area contributed by atoms with E-state index >= 15 is 0 Å². The molecule has 0 aromatic heterocycles. The van der Waals surface area contributed by atoms with Gasteiger partial charge in [-0.1, -0.05) is 23.2 Å². The van der Waals surface area contributed by atoms with Crippen molar-refractivity contribution in [3.8, 4) is 5.75 Å². The highest BCUT2D eigenvalue weighted by molar-refractivity contribution is 6.34. The predicted molar refractivity (Wildman–Crippen MR) is 82.3 cm³/mol. The van der Waals surface area contributed by atoms with Crippen molar-refractivity contribution in [1.29, 1.82) is 0 Å². The third-order valence-electron chi connectivity index (χ3n) is 2.73. The van der Waals surface area contributed by atoms with Crippen LogP contribution >= 0.6 is 23.2 Å². The summed E-state index contributed by atoms with van der Waals surface area (Å²) in [4.78, 5) is 13.8. The van der Waals surface area contributed by atoms with E-state index in [1.165, 1.54) is 0 Å². The summed E-state index contributed by atoms with van der Waals surface area (Å²) in [5, 5.41) is 0.907. The monoisotopic (exact) mass is 335 g/mol. The average Bonchev–Trinajstić information content (AvgIpc) is 2.48. The van der Waals surface area contributed by atoms with E-state index in [1.54, 1.807) is 37.3 Å². The lowest BCUT2D eigenvalue weighted by molar-refractivity contribution is -0.134. The molecule has 0 atom stereocenters. The normalized spacial score (nSPS) is 10.5. The van der Waals surface area contributed by atoms with Crippen LogP contribution in [0.15, 0.2) is 18.2 Å². The highest BCUT2D eigenvalue weighted by Gasteiger charge is 2.14. The van der Waals surface area contributed by atoms with Crippen LogP contribution in [0.3, 0.4) is 0 Å². The molecule has 0 spiro atoms. The van der Waals surface area contributed by atoms with Crippen molar-refractivity contribution in [2.45, 2.75) is 0 Å². The Bertz CT molecular complexity index is 449. The van der Waals surface area contributed by atoms with E-state index in [9.17, 15) is 4.79 Å². The van der Waals surface area contributed by atoms with E-state index in [-0.39, 0.29) is 12.5 Å². The Kier molecular flexibility index (Phi) is 8.45. The lowest BCUT2D eigenvalue weighted by atomic mass is 10.3. The molecule has 1 rings (SSSR count). The van der Waals surface area contributed by atoms with Crippen LogP contribution in [0.5, 0.6) is 5.75 Å². The number of benzene rings is 1. The van der Waals surface area contributed by atoms with Gasteiger partial charge in [0.05, 0.1) is 18.2 Å². The number of carbonyl (C=O) groups is 1. The molecular formula is C14H19Cl2NO4. The Labute approximate surface area is 134 Å². The van der Waals surface area contributed by atoms with E-state index in [0.29, 0.717) is 42.1 Å². The van der Waals surface area contributed by atoms with Crippen molar-refractivity contribution in [2.75, 3.05) is 47.1 Å². The molecule has 0 heterocycles. The minimum atomic E-state index is -0.167. The minimum Gasteiger partial charge on any atom is -0.482 e. The van der Waals surface area contributed by atoms with Crippen LogP contribution in [0.1, 0.15) is 0 Å². The first-order valence-corrected chi connectivity index (χ1v) is 7.17. The zero-order chi connectivity index (χ0) is 15.7. The van der Waals surface area contributed by atoms with Gasteiger partial charge in [0, 0.05) is 38.4 Å². The van der Waals surface area contributed by atoms with Crippen LogP contribution in [0.25, 0.3) is 0 Å². The summed E-state index contributed by atoms with van der Waals surface area (Å²) in [7, 11) is 3.17. The first kappa shape index (κ1) is 18.0. The van der Waals surface area contributed by atoms with Gasteiger partial charge in [-0.15, -0.1) is 0 Å². The summed E-state index contributed by atoms with van der Waals surface area (Å²) in [6, 6.07) is 4.85. The van der Waals surface area contributed by atoms with Crippen molar-refractivity contribution < 1.29 is 19.0 Å². The molecule has 0 aliphatic heterocycles. The Hall–Kier alpha value is -1.01. The van der Waals surface area contributed by atoms with E-state index in [1.807, 2.05) is 0 Å². The summed E-state index contributed by atoms with van der Waals surface area (Å²) in [5.74, 6) is 0.219. The fourth-order valence-corrected chi connectivity index (χ4v) is 1.92. The van der Waals surface area contributed by atoms with E-state index in [2.05, 4.69) is 0 Å². The second-order valence-electron chi connectivity index (χ2n) is 4.23. The number of amides is 1. The van der Waals surface area contributed by atoms with E-state index in [0.717, 1.165) is 0 Å². The molecule has 1 aromatic carbocycles. The summed E-state index contributed by atoms with van der Waals surface area (Å²) in [6.07, 6.45) is 0. The molecule has 21 heavy (non-hydrogen) atoms. The second-order valence-corrected chi connectivity index (χ2v) is 5.07. The van der Waals surface area contributed by atoms with Gasteiger partial charge in [-0.05, 0) is 12.1 Å². The molecule has 1 aromatic rings. The maximum atomic E-state index is 12.1. The third-order valence-corrected chi connectivity index (χ3v) is 3.28. The van der Waals surface area contributed by atoms with Crippen molar-refractivity contribution in [2.24, 2.45) is 0 Å². The molecule has 0 saturated carbocycles. The van der Waals surface area contributed by atoms with Gasteiger partial charge in [-0.3, -0.25) is 4.79 Å².